The molecule has 12 nitrogen and oxygen atoms in total. The molecule has 3 aromatic rings. The minimum absolute atomic E-state index is 0.117. The monoisotopic (exact) mass is 836 g/mol. The van der Waals surface area contributed by atoms with E-state index < -0.39 is 23.6 Å². The summed E-state index contributed by atoms with van der Waals surface area (Å²) in [5.41, 5.74) is 0.310. The maximum atomic E-state index is 11.5. The van der Waals surface area contributed by atoms with Gasteiger partial charge in [-0.05, 0) is 91.9 Å². The molecule has 15 heteroatoms. The van der Waals surface area contributed by atoms with Gasteiger partial charge in [0.1, 0.15) is 5.75 Å². The van der Waals surface area contributed by atoms with Gasteiger partial charge in [-0.3, -0.25) is 4.79 Å². The van der Waals surface area contributed by atoms with E-state index in [9.17, 15) is 14.7 Å². The average molecular weight is 837 g/mol. The summed E-state index contributed by atoms with van der Waals surface area (Å²) in [5.74, 6) is 0.715. The highest BCUT2D eigenvalue weighted by molar-refractivity contribution is 8.60. The van der Waals surface area contributed by atoms with Crippen LogP contribution in [0.3, 0.4) is 0 Å². The average Bonchev–Trinajstić information content (AvgIpc) is 3.19. The molecule has 0 saturated heterocycles. The van der Waals surface area contributed by atoms with Crippen LogP contribution in [0.15, 0.2) is 54.6 Å². The van der Waals surface area contributed by atoms with Crippen LogP contribution in [0, 0.1) is 6.92 Å². The van der Waals surface area contributed by atoms with Gasteiger partial charge in [0, 0.05) is 5.92 Å². The number of ether oxygens (including phenoxy) is 6. The lowest BCUT2D eigenvalue weighted by atomic mass is 9.88. The molecule has 0 bridgehead atoms. The van der Waals surface area contributed by atoms with Crippen molar-refractivity contribution in [3.05, 3.63) is 71.3 Å². The van der Waals surface area contributed by atoms with Gasteiger partial charge in [-0.1, -0.05) is 74.5 Å². The molecule has 0 aromatic heterocycles. The fourth-order valence-electron chi connectivity index (χ4n) is 6.50. The van der Waals surface area contributed by atoms with Crippen LogP contribution in [-0.2, 0) is 30.4 Å². The molecule has 2 fully saturated rings. The van der Waals surface area contributed by atoms with Crippen molar-refractivity contribution in [2.45, 2.75) is 95.7 Å². The Kier molecular flexibility index (Phi) is 20.2. The van der Waals surface area contributed by atoms with Crippen molar-refractivity contribution < 1.29 is 57.3 Å². The second kappa shape index (κ2) is 24.2. The second-order valence-electron chi connectivity index (χ2n) is 13.4. The first-order chi connectivity index (χ1) is 26.8. The minimum Gasteiger partial charge on any atom is -0.493 e. The molecule has 310 valence electrons. The second-order valence-corrected chi connectivity index (χ2v) is 18.6. The lowest BCUT2D eigenvalue weighted by Gasteiger charge is -2.31. The van der Waals surface area contributed by atoms with Gasteiger partial charge in [-0.2, -0.15) is 0 Å². The lowest BCUT2D eigenvalue weighted by Crippen LogP contribution is -2.18. The van der Waals surface area contributed by atoms with Crippen molar-refractivity contribution in [2.24, 2.45) is 0 Å². The topological polar surface area (TPSA) is 148 Å². The van der Waals surface area contributed by atoms with Crippen LogP contribution in [0.25, 0.3) is 0 Å². The quantitative estimate of drug-likeness (QED) is 0.0930. The van der Waals surface area contributed by atoms with Gasteiger partial charge in [0.2, 0.25) is 11.4 Å². The van der Waals surface area contributed by atoms with Crippen LogP contribution in [-0.4, -0.2) is 76.5 Å². The molecule has 0 radical (unpaired) electrons. The Balaban J connectivity index is 0.000000246. The molecule has 2 aliphatic carbocycles. The van der Waals surface area contributed by atoms with E-state index in [1.54, 1.807) is 43.5 Å². The van der Waals surface area contributed by atoms with Crippen molar-refractivity contribution in [2.75, 3.05) is 42.2 Å². The molecule has 3 aromatic carbocycles. The summed E-state index contributed by atoms with van der Waals surface area (Å²) < 4.78 is 43.6. The number of carboxylic acids is 2. The number of aliphatic carboxylic acids is 2. The molecule has 0 heterocycles. The first-order valence-electron chi connectivity index (χ1n) is 18.7. The third-order valence-corrected chi connectivity index (χ3v) is 11.5. The molecule has 2 saturated carbocycles. The SMILES string of the molecule is COc1ccc(C(CC(=O)O)c2cc(OC)c(OC)c(OC)c2)cc1OC.Cc1ccc(OCC(=O)O)cc1.S=P(S)(OC1CCCCC1)OC1CCCCC1. The first-order valence-corrected chi connectivity index (χ1v) is 22.5. The Morgan fingerprint density at radius 2 is 1.16 bits per heavy atom. The molecule has 0 aliphatic heterocycles. The van der Waals surface area contributed by atoms with Crippen molar-refractivity contribution in [1.29, 1.82) is 0 Å². The summed E-state index contributed by atoms with van der Waals surface area (Å²) in [6.45, 7) is 1.67. The normalized spacial score (nSPS) is 15.1. The van der Waals surface area contributed by atoms with Crippen molar-refractivity contribution in [1.82, 2.24) is 0 Å². The van der Waals surface area contributed by atoms with Crippen molar-refractivity contribution in [3.63, 3.8) is 0 Å². The van der Waals surface area contributed by atoms with Gasteiger partial charge in [-0.25, -0.2) is 4.79 Å². The van der Waals surface area contributed by atoms with Crippen LogP contribution >= 0.6 is 17.9 Å². The van der Waals surface area contributed by atoms with E-state index in [1.807, 2.05) is 25.1 Å². The molecular formula is C41H57O12PS2. The minimum atomic E-state index is -2.30. The smallest absolute Gasteiger partial charge is 0.341 e. The molecule has 2 aliphatic rings. The Morgan fingerprint density at radius 3 is 1.59 bits per heavy atom. The summed E-state index contributed by atoms with van der Waals surface area (Å²) in [4.78, 5) is 21.6. The molecule has 1 unspecified atom stereocenters. The van der Waals surface area contributed by atoms with Gasteiger partial charge >= 0.3 is 11.9 Å². The fourth-order valence-corrected chi connectivity index (χ4v) is 9.25. The number of aryl methyl sites for hydroxylation is 1. The van der Waals surface area contributed by atoms with Gasteiger partial charge in [0.05, 0.1) is 54.2 Å². The zero-order valence-electron chi connectivity index (χ0n) is 33.2. The number of rotatable bonds is 16. The highest BCUT2D eigenvalue weighted by Crippen LogP contribution is 2.57. The zero-order valence-corrected chi connectivity index (χ0v) is 35.8. The van der Waals surface area contributed by atoms with Crippen LogP contribution in [0.4, 0.5) is 0 Å². The Morgan fingerprint density at radius 1 is 0.679 bits per heavy atom. The van der Waals surface area contributed by atoms with E-state index >= 15 is 0 Å². The lowest BCUT2D eigenvalue weighted by molar-refractivity contribution is -0.139. The summed E-state index contributed by atoms with van der Waals surface area (Å²) in [7, 11) is 7.63. The van der Waals surface area contributed by atoms with Crippen LogP contribution in [0.1, 0.15) is 93.2 Å². The zero-order chi connectivity index (χ0) is 41.1. The number of benzene rings is 3. The maximum Gasteiger partial charge on any atom is 0.341 e. The summed E-state index contributed by atoms with van der Waals surface area (Å²) in [5, 5.41) is 17.7. The van der Waals surface area contributed by atoms with E-state index in [4.69, 9.17) is 54.4 Å². The van der Waals surface area contributed by atoms with Crippen molar-refractivity contribution >= 4 is 41.7 Å². The van der Waals surface area contributed by atoms with Crippen LogP contribution in [0.5, 0.6) is 34.5 Å². The molecule has 2 N–H and O–H groups in total. The maximum absolute atomic E-state index is 11.5. The van der Waals surface area contributed by atoms with E-state index in [2.05, 4.69) is 12.2 Å². The Hall–Kier alpha value is -3.68. The van der Waals surface area contributed by atoms with Crippen LogP contribution < -0.4 is 28.4 Å². The largest absolute Gasteiger partial charge is 0.493 e. The molecule has 56 heavy (non-hydrogen) atoms. The molecule has 0 spiro atoms. The molecular weight excluding hydrogens is 780 g/mol. The highest BCUT2D eigenvalue weighted by atomic mass is 32.9. The van der Waals surface area contributed by atoms with Gasteiger partial charge in [0.15, 0.2) is 29.6 Å². The third kappa shape index (κ3) is 15.7. The third-order valence-electron chi connectivity index (χ3n) is 9.33. The number of carboxylic acid groups (broad SMARTS) is 2. The first kappa shape index (κ1) is 46.7. The Bertz CT molecular complexity index is 1660. The molecule has 5 rings (SSSR count). The Labute approximate surface area is 341 Å². The summed E-state index contributed by atoms with van der Waals surface area (Å²) in [6.07, 6.45) is 12.7. The number of thiol groups is 1. The predicted molar refractivity (Wildman–Crippen MR) is 223 cm³/mol. The summed E-state index contributed by atoms with van der Waals surface area (Å²) in [6, 6.07) is 16.1. The van der Waals surface area contributed by atoms with Crippen LogP contribution in [0.2, 0.25) is 0 Å². The van der Waals surface area contributed by atoms with E-state index in [0.29, 0.717) is 46.7 Å². The van der Waals surface area contributed by atoms with Gasteiger partial charge in [-0.15, -0.1) is 0 Å². The molecule has 1 atom stereocenters. The molecule has 0 amide bonds. The number of hydrogen-bond acceptors (Lipinski definition) is 11. The number of methoxy groups -OCH3 is 5. The standard InChI is InChI=1S/C20H24O7.C12H23O2PS2.C9H10O3/c1-23-15-7-6-12(8-16(15)24-2)14(11-19(21)22)13-9-17(25-3)20(27-5)18(10-13)26-4;16-15(17,13-11-7-3-1-4-8-11)14-12-9-5-2-6-10-12;1-7-2-4-8(5-3-7)12-6-9(10)11/h6-10,14H,11H2,1-5H3,(H,21,22);11-12H,1-10H2,(H,16,17);2-5H,6H2,1H3,(H,10,11). The number of carbonyl (C=O) groups is 2. The highest BCUT2D eigenvalue weighted by Gasteiger charge is 2.27. The van der Waals surface area contributed by atoms with Crippen molar-refractivity contribution in [3.8, 4) is 34.5 Å². The van der Waals surface area contributed by atoms with Gasteiger partial charge < -0.3 is 47.7 Å². The number of hydrogen-bond donors (Lipinski definition) is 3. The fraction of sp³-hybridized carbons (Fsp3) is 0.512. The van der Waals surface area contributed by atoms with Gasteiger partial charge in [0.25, 0.3) is 0 Å². The van der Waals surface area contributed by atoms with E-state index in [1.165, 1.54) is 67.0 Å². The van der Waals surface area contributed by atoms with E-state index in [-0.39, 0.29) is 13.0 Å². The predicted octanol–water partition coefficient (Wildman–Crippen LogP) is 9.63. The summed E-state index contributed by atoms with van der Waals surface area (Å²) >= 11 is 9.92. The van der Waals surface area contributed by atoms with E-state index in [0.717, 1.165) is 42.4 Å².